The zero-order valence-electron chi connectivity index (χ0n) is 16.9. The normalized spacial score (nSPS) is 15.5. The Bertz CT molecular complexity index is 888. The van der Waals surface area contributed by atoms with Gasteiger partial charge in [0.15, 0.2) is 17.3 Å². The summed E-state index contributed by atoms with van der Waals surface area (Å²) in [4.78, 5) is 24.0. The molecule has 0 bridgehead atoms. The van der Waals surface area contributed by atoms with Crippen LogP contribution in [0.1, 0.15) is 40.7 Å². The van der Waals surface area contributed by atoms with Crippen molar-refractivity contribution in [2.45, 2.75) is 40.2 Å². The molecule has 28 heavy (non-hydrogen) atoms. The number of aryl methyl sites for hydroxylation is 2. The van der Waals surface area contributed by atoms with Gasteiger partial charge in [0.2, 0.25) is 5.91 Å². The highest BCUT2D eigenvalue weighted by Gasteiger charge is 2.23. The maximum Gasteiger partial charge on any atom is 0.221 e. The number of para-hydroxylation sites is 1. The van der Waals surface area contributed by atoms with Gasteiger partial charge < -0.3 is 14.8 Å². The standard InChI is InChI=1S/C21H27N3O4/c1-13-20(15(3)25)14(2)24(23-13)9-8-19(26)22-11-16-10-17-6-5-7-18(27-4)21(17)28-12-16/h5-7,16H,8-12H2,1-4H3,(H,22,26). The monoisotopic (exact) mass is 385 g/mol. The van der Waals surface area contributed by atoms with Crippen molar-refractivity contribution in [3.8, 4) is 11.5 Å². The number of nitrogens with one attached hydrogen (secondary N) is 1. The van der Waals surface area contributed by atoms with Crippen molar-refractivity contribution in [2.24, 2.45) is 5.92 Å². The molecule has 0 saturated heterocycles. The third-order valence-electron chi connectivity index (χ3n) is 5.12. The van der Waals surface area contributed by atoms with Crippen LogP contribution in [0, 0.1) is 19.8 Å². The molecule has 2 aromatic rings. The summed E-state index contributed by atoms with van der Waals surface area (Å²) in [6.45, 7) is 6.77. The van der Waals surface area contributed by atoms with Crippen molar-refractivity contribution in [2.75, 3.05) is 20.3 Å². The van der Waals surface area contributed by atoms with E-state index in [0.717, 1.165) is 29.2 Å². The van der Waals surface area contributed by atoms with Crippen molar-refractivity contribution in [1.82, 2.24) is 15.1 Å². The van der Waals surface area contributed by atoms with Gasteiger partial charge >= 0.3 is 0 Å². The Kier molecular flexibility index (Phi) is 6.02. The van der Waals surface area contributed by atoms with Crippen LogP contribution in [0.2, 0.25) is 0 Å². The number of Topliss-reactive ketones (excluding diaryl/α,β-unsaturated/α-hetero) is 1. The predicted molar refractivity (Wildman–Crippen MR) is 105 cm³/mol. The zero-order valence-corrected chi connectivity index (χ0v) is 16.9. The number of carbonyl (C=O) groups excluding carboxylic acids is 2. The summed E-state index contributed by atoms with van der Waals surface area (Å²) in [5.41, 5.74) is 3.26. The van der Waals surface area contributed by atoms with E-state index in [1.54, 1.807) is 11.8 Å². The van der Waals surface area contributed by atoms with E-state index in [-0.39, 0.29) is 17.6 Å². The minimum absolute atomic E-state index is 0.0000817. The molecule has 1 unspecified atom stereocenters. The molecule has 1 aromatic heterocycles. The predicted octanol–water partition coefficient (Wildman–Crippen LogP) is 2.47. The van der Waals surface area contributed by atoms with Crippen LogP contribution < -0.4 is 14.8 Å². The van der Waals surface area contributed by atoms with E-state index in [1.165, 1.54) is 6.92 Å². The second-order valence-corrected chi connectivity index (χ2v) is 7.21. The SMILES string of the molecule is COc1cccc2c1OCC(CNC(=O)CCn1nc(C)c(C(C)=O)c1C)C2. The van der Waals surface area contributed by atoms with Crippen LogP contribution in [-0.2, 0) is 17.8 Å². The maximum atomic E-state index is 12.3. The number of hydrogen-bond donors (Lipinski definition) is 1. The third-order valence-corrected chi connectivity index (χ3v) is 5.12. The number of nitrogens with zero attached hydrogens (tertiary/aromatic N) is 2. The van der Waals surface area contributed by atoms with Crippen molar-refractivity contribution < 1.29 is 19.1 Å². The number of rotatable bonds is 7. The van der Waals surface area contributed by atoms with Gasteiger partial charge in [-0.25, -0.2) is 0 Å². The lowest BCUT2D eigenvalue weighted by molar-refractivity contribution is -0.121. The van der Waals surface area contributed by atoms with E-state index in [1.807, 2.05) is 32.0 Å². The molecule has 0 fully saturated rings. The number of benzene rings is 1. The van der Waals surface area contributed by atoms with Crippen LogP contribution in [0.25, 0.3) is 0 Å². The Morgan fingerprint density at radius 1 is 1.36 bits per heavy atom. The molecule has 1 aliphatic heterocycles. The molecule has 7 heteroatoms. The van der Waals surface area contributed by atoms with Gasteiger partial charge in [-0.05, 0) is 38.8 Å². The van der Waals surface area contributed by atoms with Crippen LogP contribution >= 0.6 is 0 Å². The first-order valence-electron chi connectivity index (χ1n) is 9.51. The molecule has 150 valence electrons. The number of hydrogen-bond acceptors (Lipinski definition) is 5. The van der Waals surface area contributed by atoms with Crippen LogP contribution in [0.15, 0.2) is 18.2 Å². The molecule has 1 N–H and O–H groups in total. The lowest BCUT2D eigenvalue weighted by Gasteiger charge is -2.26. The molecule has 0 spiro atoms. The number of aromatic nitrogens is 2. The van der Waals surface area contributed by atoms with E-state index >= 15 is 0 Å². The van der Waals surface area contributed by atoms with Crippen LogP contribution in [0.5, 0.6) is 11.5 Å². The third kappa shape index (κ3) is 4.18. The number of fused-ring (bicyclic) bond motifs is 1. The molecule has 1 aliphatic rings. The number of amides is 1. The van der Waals surface area contributed by atoms with Crippen LogP contribution in [-0.4, -0.2) is 41.7 Å². The average Bonchev–Trinajstić information content (AvgIpc) is 2.97. The van der Waals surface area contributed by atoms with Gasteiger partial charge in [0.25, 0.3) is 0 Å². The highest BCUT2D eigenvalue weighted by molar-refractivity contribution is 5.96. The first kappa shape index (κ1) is 19.9. The number of methoxy groups -OCH3 is 1. The molecule has 0 aliphatic carbocycles. The Morgan fingerprint density at radius 2 is 2.14 bits per heavy atom. The van der Waals surface area contributed by atoms with E-state index < -0.39 is 0 Å². The van der Waals surface area contributed by atoms with E-state index in [4.69, 9.17) is 9.47 Å². The van der Waals surface area contributed by atoms with Crippen molar-refractivity contribution in [3.05, 3.63) is 40.7 Å². The second-order valence-electron chi connectivity index (χ2n) is 7.21. The van der Waals surface area contributed by atoms with Gasteiger partial charge in [0, 0.05) is 31.1 Å². The Labute approximate surface area is 165 Å². The molecule has 0 saturated carbocycles. The van der Waals surface area contributed by atoms with Gasteiger partial charge in [-0.1, -0.05) is 12.1 Å². The number of carbonyl (C=O) groups is 2. The largest absolute Gasteiger partial charge is 0.493 e. The van der Waals surface area contributed by atoms with Crippen molar-refractivity contribution in [1.29, 1.82) is 0 Å². The summed E-state index contributed by atoms with van der Waals surface area (Å²) in [5.74, 6) is 1.74. The van der Waals surface area contributed by atoms with Gasteiger partial charge in [0.1, 0.15) is 0 Å². The number of ketones is 1. The summed E-state index contributed by atoms with van der Waals surface area (Å²) < 4.78 is 12.9. The Morgan fingerprint density at radius 3 is 2.82 bits per heavy atom. The molecule has 2 heterocycles. The van der Waals surface area contributed by atoms with E-state index in [2.05, 4.69) is 10.4 Å². The maximum absolute atomic E-state index is 12.3. The zero-order chi connectivity index (χ0) is 20.3. The van der Waals surface area contributed by atoms with E-state index in [9.17, 15) is 9.59 Å². The summed E-state index contributed by atoms with van der Waals surface area (Å²) in [6, 6.07) is 5.87. The van der Waals surface area contributed by atoms with Crippen LogP contribution in [0.4, 0.5) is 0 Å². The minimum atomic E-state index is -0.0339. The molecule has 1 amide bonds. The minimum Gasteiger partial charge on any atom is -0.493 e. The smallest absolute Gasteiger partial charge is 0.221 e. The lowest BCUT2D eigenvalue weighted by Crippen LogP contribution is -2.35. The summed E-state index contributed by atoms with van der Waals surface area (Å²) >= 11 is 0. The summed E-state index contributed by atoms with van der Waals surface area (Å²) in [5, 5.41) is 7.37. The first-order valence-corrected chi connectivity index (χ1v) is 9.51. The Balaban J connectivity index is 1.50. The fourth-order valence-electron chi connectivity index (χ4n) is 3.73. The summed E-state index contributed by atoms with van der Waals surface area (Å²) in [6.07, 6.45) is 1.16. The highest BCUT2D eigenvalue weighted by Crippen LogP contribution is 2.35. The fraction of sp³-hybridized carbons (Fsp3) is 0.476. The van der Waals surface area contributed by atoms with E-state index in [0.29, 0.717) is 37.4 Å². The second kappa shape index (κ2) is 8.46. The topological polar surface area (TPSA) is 82.4 Å². The quantitative estimate of drug-likeness (QED) is 0.741. The molecule has 1 aromatic carbocycles. The highest BCUT2D eigenvalue weighted by atomic mass is 16.5. The molecule has 7 nitrogen and oxygen atoms in total. The van der Waals surface area contributed by atoms with Crippen molar-refractivity contribution >= 4 is 11.7 Å². The Hall–Kier alpha value is -2.83. The number of ether oxygens (including phenoxy) is 2. The summed E-state index contributed by atoms with van der Waals surface area (Å²) in [7, 11) is 1.63. The van der Waals surface area contributed by atoms with Gasteiger partial charge in [-0.3, -0.25) is 14.3 Å². The molecular weight excluding hydrogens is 358 g/mol. The average molecular weight is 385 g/mol. The molecule has 3 rings (SSSR count). The molecule has 1 atom stereocenters. The molecular formula is C21H27N3O4. The van der Waals surface area contributed by atoms with Crippen molar-refractivity contribution in [3.63, 3.8) is 0 Å². The first-order chi connectivity index (χ1) is 13.4. The van der Waals surface area contributed by atoms with Gasteiger partial charge in [-0.2, -0.15) is 5.10 Å². The molecule has 0 radical (unpaired) electrons. The fourth-order valence-corrected chi connectivity index (χ4v) is 3.73. The van der Waals surface area contributed by atoms with Gasteiger partial charge in [-0.15, -0.1) is 0 Å². The van der Waals surface area contributed by atoms with Gasteiger partial charge in [0.05, 0.1) is 25.0 Å². The van der Waals surface area contributed by atoms with Crippen LogP contribution in [0.3, 0.4) is 0 Å². The lowest BCUT2D eigenvalue weighted by atomic mass is 9.96.